The van der Waals surface area contributed by atoms with E-state index in [4.69, 9.17) is 4.52 Å². The monoisotopic (exact) mass is 451 g/mol. The van der Waals surface area contributed by atoms with E-state index in [1.54, 1.807) is 30.6 Å². The first-order valence-corrected chi connectivity index (χ1v) is 10.7. The van der Waals surface area contributed by atoms with Crippen LogP contribution in [-0.4, -0.2) is 25.6 Å². The second-order valence-corrected chi connectivity index (χ2v) is 8.03. The van der Waals surface area contributed by atoms with Crippen LogP contribution in [0.5, 0.6) is 0 Å². The first kappa shape index (κ1) is 21.3. The van der Waals surface area contributed by atoms with E-state index in [0.717, 1.165) is 27.8 Å². The molecule has 5 aromatic rings. The van der Waals surface area contributed by atoms with Gasteiger partial charge in [0.1, 0.15) is 6.54 Å². The summed E-state index contributed by atoms with van der Waals surface area (Å²) in [5.74, 6) is 0.343. The van der Waals surface area contributed by atoms with Gasteiger partial charge in [0, 0.05) is 35.1 Å². The Balaban J connectivity index is 1.50. The summed E-state index contributed by atoms with van der Waals surface area (Å²) in [6.07, 6.45) is 3.29. The number of aromatic nitrogens is 4. The molecule has 0 atom stereocenters. The molecule has 168 valence electrons. The third-order valence-corrected chi connectivity index (χ3v) is 5.57. The molecule has 2 aromatic carbocycles. The maximum Gasteiger partial charge on any atom is 0.259 e. The van der Waals surface area contributed by atoms with Crippen LogP contribution in [0.15, 0.2) is 82.4 Å². The van der Waals surface area contributed by atoms with E-state index in [0.29, 0.717) is 16.9 Å². The molecule has 0 aliphatic heterocycles. The van der Waals surface area contributed by atoms with Crippen molar-refractivity contribution in [1.82, 2.24) is 19.7 Å². The number of fused-ring (bicyclic) bond motifs is 1. The summed E-state index contributed by atoms with van der Waals surface area (Å²) in [7, 11) is 0. The summed E-state index contributed by atoms with van der Waals surface area (Å²) >= 11 is 0. The van der Waals surface area contributed by atoms with Gasteiger partial charge in [0.15, 0.2) is 0 Å². The molecule has 0 saturated heterocycles. The second kappa shape index (κ2) is 8.74. The molecular weight excluding hydrogens is 430 g/mol. The Bertz CT molecular complexity index is 1570. The lowest BCUT2D eigenvalue weighted by Gasteiger charge is -2.13. The van der Waals surface area contributed by atoms with Gasteiger partial charge in [-0.05, 0) is 43.7 Å². The molecule has 8 heteroatoms. The zero-order valence-electron chi connectivity index (χ0n) is 18.6. The van der Waals surface area contributed by atoms with Crippen molar-refractivity contribution in [2.45, 2.75) is 20.4 Å². The number of aryl methyl sites for hydroxylation is 2. The first-order chi connectivity index (χ1) is 16.5. The molecule has 0 aliphatic rings. The molecule has 5 rings (SSSR count). The Morgan fingerprint density at radius 1 is 1.03 bits per heavy atom. The number of para-hydroxylation sites is 1. The maximum absolute atomic E-state index is 13.1. The van der Waals surface area contributed by atoms with Crippen molar-refractivity contribution >= 4 is 22.5 Å². The number of nitrogens with zero attached hydrogens (tertiary/aromatic N) is 4. The summed E-state index contributed by atoms with van der Waals surface area (Å²) in [6, 6.07) is 18.1. The predicted octanol–water partition coefficient (Wildman–Crippen LogP) is 4.37. The van der Waals surface area contributed by atoms with Gasteiger partial charge in [0.05, 0.1) is 11.1 Å². The number of nitrogens with one attached hydrogen (secondary N) is 1. The van der Waals surface area contributed by atoms with E-state index in [9.17, 15) is 9.59 Å². The van der Waals surface area contributed by atoms with Crippen molar-refractivity contribution in [2.75, 3.05) is 5.32 Å². The van der Waals surface area contributed by atoms with E-state index in [1.165, 1.54) is 10.6 Å². The Morgan fingerprint density at radius 2 is 1.82 bits per heavy atom. The summed E-state index contributed by atoms with van der Waals surface area (Å²) in [5, 5.41) is 7.67. The van der Waals surface area contributed by atoms with Crippen molar-refractivity contribution in [3.05, 3.63) is 94.5 Å². The van der Waals surface area contributed by atoms with Crippen LogP contribution in [0.1, 0.15) is 11.1 Å². The van der Waals surface area contributed by atoms with Crippen molar-refractivity contribution in [3.8, 4) is 22.8 Å². The fourth-order valence-electron chi connectivity index (χ4n) is 3.91. The van der Waals surface area contributed by atoms with Crippen LogP contribution < -0.4 is 10.9 Å². The molecule has 34 heavy (non-hydrogen) atoms. The summed E-state index contributed by atoms with van der Waals surface area (Å²) in [5.41, 5.74) is 4.32. The molecule has 0 saturated carbocycles. The molecule has 0 spiro atoms. The van der Waals surface area contributed by atoms with Gasteiger partial charge in [-0.1, -0.05) is 41.1 Å². The third-order valence-electron chi connectivity index (χ3n) is 5.57. The Labute approximate surface area is 194 Å². The highest BCUT2D eigenvalue weighted by atomic mass is 16.5. The van der Waals surface area contributed by atoms with Crippen LogP contribution in [-0.2, 0) is 11.3 Å². The molecule has 0 radical (unpaired) electrons. The SMILES string of the molecule is Cc1ccc(NC(=O)Cn2c(=O)cc(-c3nc(-c4ccncc4)no3)c3ccccc32)c(C)c1. The zero-order chi connectivity index (χ0) is 23.7. The summed E-state index contributed by atoms with van der Waals surface area (Å²) < 4.78 is 6.92. The quantitative estimate of drug-likeness (QED) is 0.426. The molecule has 0 aliphatic carbocycles. The topological polar surface area (TPSA) is 103 Å². The molecule has 3 aromatic heterocycles. The van der Waals surface area contributed by atoms with Crippen molar-refractivity contribution in [2.24, 2.45) is 0 Å². The lowest BCUT2D eigenvalue weighted by Crippen LogP contribution is -2.28. The van der Waals surface area contributed by atoms with Crippen LogP contribution >= 0.6 is 0 Å². The third kappa shape index (κ3) is 4.09. The highest BCUT2D eigenvalue weighted by Crippen LogP contribution is 2.28. The van der Waals surface area contributed by atoms with Gasteiger partial charge < -0.3 is 9.84 Å². The lowest BCUT2D eigenvalue weighted by molar-refractivity contribution is -0.116. The minimum Gasteiger partial charge on any atom is -0.334 e. The van der Waals surface area contributed by atoms with Crippen LogP contribution in [0.2, 0.25) is 0 Å². The minimum absolute atomic E-state index is 0.126. The summed E-state index contributed by atoms with van der Waals surface area (Å²) in [6.45, 7) is 3.80. The molecule has 0 unspecified atom stereocenters. The number of pyridine rings is 2. The van der Waals surface area contributed by atoms with Gasteiger partial charge >= 0.3 is 0 Å². The zero-order valence-corrected chi connectivity index (χ0v) is 18.6. The molecule has 3 heterocycles. The fourth-order valence-corrected chi connectivity index (χ4v) is 3.91. The molecular formula is C26H21N5O3. The maximum atomic E-state index is 13.1. The van der Waals surface area contributed by atoms with E-state index in [-0.39, 0.29) is 23.9 Å². The number of carbonyl (C=O) groups excluding carboxylic acids is 1. The highest BCUT2D eigenvalue weighted by molar-refractivity contribution is 5.95. The number of benzene rings is 2. The van der Waals surface area contributed by atoms with E-state index in [2.05, 4.69) is 20.4 Å². The van der Waals surface area contributed by atoms with Gasteiger partial charge in [0.25, 0.3) is 11.4 Å². The van der Waals surface area contributed by atoms with Gasteiger partial charge in [-0.25, -0.2) is 0 Å². The van der Waals surface area contributed by atoms with Crippen molar-refractivity contribution in [1.29, 1.82) is 0 Å². The minimum atomic E-state index is -0.340. The van der Waals surface area contributed by atoms with Gasteiger partial charge in [-0.2, -0.15) is 4.98 Å². The molecule has 0 bridgehead atoms. The number of carbonyl (C=O) groups is 1. The van der Waals surface area contributed by atoms with E-state index < -0.39 is 0 Å². The van der Waals surface area contributed by atoms with Crippen LogP contribution in [0.25, 0.3) is 33.7 Å². The Hall–Kier alpha value is -4.59. The average molecular weight is 451 g/mol. The summed E-state index contributed by atoms with van der Waals surface area (Å²) in [4.78, 5) is 34.4. The fraction of sp³-hybridized carbons (Fsp3) is 0.115. The number of hydrogen-bond donors (Lipinski definition) is 1. The van der Waals surface area contributed by atoms with Gasteiger partial charge in [0.2, 0.25) is 11.7 Å². The highest BCUT2D eigenvalue weighted by Gasteiger charge is 2.18. The van der Waals surface area contributed by atoms with Crippen molar-refractivity contribution < 1.29 is 9.32 Å². The molecule has 0 fully saturated rings. The molecule has 1 amide bonds. The second-order valence-electron chi connectivity index (χ2n) is 8.03. The largest absolute Gasteiger partial charge is 0.334 e. The normalized spacial score (nSPS) is 11.0. The smallest absolute Gasteiger partial charge is 0.259 e. The lowest BCUT2D eigenvalue weighted by atomic mass is 10.1. The number of amides is 1. The van der Waals surface area contributed by atoms with Crippen molar-refractivity contribution in [3.63, 3.8) is 0 Å². The molecule has 1 N–H and O–H groups in total. The average Bonchev–Trinajstić information content (AvgIpc) is 3.33. The number of anilines is 1. The standard InChI is InChI=1S/C26H21N5O3/c1-16-7-8-21(17(2)13-16)28-23(32)15-31-22-6-4-3-5-19(22)20(14-24(31)33)26-29-25(30-34-26)18-9-11-27-12-10-18/h3-14H,15H2,1-2H3,(H,28,32). The molecule has 8 nitrogen and oxygen atoms in total. The van der Waals surface area contributed by atoms with E-state index in [1.807, 2.05) is 50.2 Å². The predicted molar refractivity (Wildman–Crippen MR) is 129 cm³/mol. The number of rotatable bonds is 5. The number of hydrogen-bond acceptors (Lipinski definition) is 6. The Kier molecular flexibility index (Phi) is 5.47. The van der Waals surface area contributed by atoms with E-state index >= 15 is 0 Å². The Morgan fingerprint density at radius 3 is 2.62 bits per heavy atom. The van der Waals surface area contributed by atoms with Crippen LogP contribution in [0, 0.1) is 13.8 Å². The van der Waals surface area contributed by atoms with Crippen LogP contribution in [0.3, 0.4) is 0 Å². The first-order valence-electron chi connectivity index (χ1n) is 10.7. The van der Waals surface area contributed by atoms with Gasteiger partial charge in [-0.3, -0.25) is 19.1 Å². The van der Waals surface area contributed by atoms with Gasteiger partial charge in [-0.15, -0.1) is 0 Å². The van der Waals surface area contributed by atoms with Crippen LogP contribution in [0.4, 0.5) is 5.69 Å².